The van der Waals surface area contributed by atoms with Gasteiger partial charge in [0.2, 0.25) is 5.91 Å². The number of carboxylic acid groups (broad SMARTS) is 1. The van der Waals surface area contributed by atoms with E-state index in [-0.39, 0.29) is 18.0 Å². The lowest BCUT2D eigenvalue weighted by Crippen LogP contribution is -2.40. The van der Waals surface area contributed by atoms with Gasteiger partial charge in [-0.05, 0) is 70.1 Å². The highest BCUT2D eigenvalue weighted by atomic mass is 16.5. The van der Waals surface area contributed by atoms with E-state index in [9.17, 15) is 19.5 Å². The number of hydrogen-bond donors (Lipinski definition) is 3. The summed E-state index contributed by atoms with van der Waals surface area (Å²) in [6.45, 7) is 4.79. The number of ether oxygens (including phenoxy) is 1. The fourth-order valence-corrected chi connectivity index (χ4v) is 6.06. The Morgan fingerprint density at radius 3 is 1.64 bits per heavy atom. The molecule has 0 rings (SSSR count). The lowest BCUT2D eigenvalue weighted by atomic mass is 10.0. The van der Waals surface area contributed by atoms with Crippen LogP contribution in [0.3, 0.4) is 0 Å². The fourth-order valence-electron chi connectivity index (χ4n) is 6.06. The van der Waals surface area contributed by atoms with Crippen LogP contribution in [0.1, 0.15) is 200 Å². The molecule has 7 heteroatoms. The van der Waals surface area contributed by atoms with Gasteiger partial charge in [0.1, 0.15) is 12.1 Å². The molecule has 2 unspecified atom stereocenters. The van der Waals surface area contributed by atoms with Crippen LogP contribution in [-0.4, -0.2) is 41.6 Å². The zero-order valence-corrected chi connectivity index (χ0v) is 32.5. The number of amides is 1. The van der Waals surface area contributed by atoms with Gasteiger partial charge < -0.3 is 20.9 Å². The minimum absolute atomic E-state index is 0.141. The normalized spacial score (nSPS) is 13.0. The fraction of sp³-hybridized carbons (Fsp3) is 0.791. The average Bonchev–Trinajstić information content (AvgIpc) is 3.10. The molecule has 50 heavy (non-hydrogen) atoms. The molecule has 7 nitrogen and oxygen atoms in total. The smallest absolute Gasteiger partial charge is 0.326 e. The molecule has 0 aliphatic heterocycles. The highest BCUT2D eigenvalue weighted by Crippen LogP contribution is 2.15. The molecule has 0 bridgehead atoms. The van der Waals surface area contributed by atoms with E-state index in [1.54, 1.807) is 0 Å². The van der Waals surface area contributed by atoms with Crippen molar-refractivity contribution in [1.29, 1.82) is 0 Å². The van der Waals surface area contributed by atoms with Gasteiger partial charge >= 0.3 is 11.9 Å². The number of esters is 1. The van der Waals surface area contributed by atoms with Gasteiger partial charge in [-0.2, -0.15) is 0 Å². The van der Waals surface area contributed by atoms with Crippen molar-refractivity contribution < 1.29 is 24.2 Å². The Labute approximate surface area is 307 Å². The van der Waals surface area contributed by atoms with Gasteiger partial charge in [0, 0.05) is 12.8 Å². The number of unbranched alkanes of at least 4 members (excludes halogenated alkanes) is 21. The van der Waals surface area contributed by atoms with Crippen LogP contribution in [0.4, 0.5) is 0 Å². The number of carbonyl (C=O) groups is 3. The first-order valence-electron chi connectivity index (χ1n) is 20.8. The van der Waals surface area contributed by atoms with Gasteiger partial charge in [0.05, 0.1) is 0 Å². The third kappa shape index (κ3) is 34.1. The Kier molecular flexibility index (Phi) is 36.0. The highest BCUT2D eigenvalue weighted by Gasteiger charge is 2.18. The molecule has 0 aromatic heterocycles. The number of nitrogens with one attached hydrogen (secondary N) is 1. The van der Waals surface area contributed by atoms with Crippen LogP contribution >= 0.6 is 0 Å². The Morgan fingerprint density at radius 2 is 1.12 bits per heavy atom. The van der Waals surface area contributed by atoms with Crippen molar-refractivity contribution in [2.75, 3.05) is 6.54 Å². The molecule has 0 saturated heterocycles. The van der Waals surface area contributed by atoms with Crippen LogP contribution in [0.2, 0.25) is 0 Å². The molecule has 0 aliphatic rings. The van der Waals surface area contributed by atoms with Crippen LogP contribution in [-0.2, 0) is 19.1 Å². The first-order valence-corrected chi connectivity index (χ1v) is 20.8. The number of carbonyl (C=O) groups excluding carboxylic acids is 2. The second-order valence-corrected chi connectivity index (χ2v) is 14.0. The maximum Gasteiger partial charge on any atom is 0.326 e. The third-order valence-corrected chi connectivity index (χ3v) is 9.18. The SMILES string of the molecule is CC/C=C\C/C=C\C(/C=C\CCCCCC(=O)NC(CCCN)C(=O)O)OC(=O)CCCCCCCCCCCCCCCCCCCCC. The summed E-state index contributed by atoms with van der Waals surface area (Å²) in [4.78, 5) is 36.0. The molecule has 0 spiro atoms. The molecule has 0 heterocycles. The summed E-state index contributed by atoms with van der Waals surface area (Å²) < 4.78 is 5.79. The largest absolute Gasteiger partial charge is 0.480 e. The second kappa shape index (κ2) is 37.8. The Bertz CT molecular complexity index is 885. The zero-order valence-electron chi connectivity index (χ0n) is 32.5. The van der Waals surface area contributed by atoms with Crippen molar-refractivity contribution in [1.82, 2.24) is 5.32 Å². The van der Waals surface area contributed by atoms with Gasteiger partial charge in [-0.15, -0.1) is 0 Å². The van der Waals surface area contributed by atoms with Crippen LogP contribution in [0.15, 0.2) is 36.5 Å². The Balaban J connectivity index is 4.07. The number of nitrogens with two attached hydrogens (primary N) is 1. The molecule has 0 aromatic rings. The maximum atomic E-state index is 12.6. The van der Waals surface area contributed by atoms with Crippen LogP contribution in [0, 0.1) is 0 Å². The van der Waals surface area contributed by atoms with Crippen molar-refractivity contribution in [3.63, 3.8) is 0 Å². The molecule has 0 fully saturated rings. The summed E-state index contributed by atoms with van der Waals surface area (Å²) in [7, 11) is 0. The first kappa shape index (κ1) is 47.6. The van der Waals surface area contributed by atoms with E-state index in [1.165, 1.54) is 109 Å². The van der Waals surface area contributed by atoms with E-state index in [0.717, 1.165) is 44.9 Å². The Hall–Kier alpha value is -2.41. The van der Waals surface area contributed by atoms with Crippen LogP contribution < -0.4 is 11.1 Å². The molecule has 2 atom stereocenters. The standard InChI is InChI=1S/C43H78N2O5/c1-3-5-7-9-10-11-12-13-14-15-16-17-18-19-20-21-22-27-31-37-42(47)50-39(33-28-24-8-6-4-2)34-29-25-23-26-30-36-41(46)45-40(43(48)49)35-32-38-44/h6,8,28-29,33-34,39-40H,3-5,7,9-27,30-32,35-38,44H2,1-2H3,(H,45,46)(H,48,49)/b8-6-,33-28-,34-29-. The first-order chi connectivity index (χ1) is 24.4. The van der Waals surface area contributed by atoms with Crippen molar-refractivity contribution >= 4 is 17.8 Å². The molecule has 0 aromatic carbocycles. The summed E-state index contributed by atoms with van der Waals surface area (Å²) in [5.74, 6) is -1.39. The number of aliphatic carboxylic acids is 1. The van der Waals surface area contributed by atoms with Crippen molar-refractivity contribution in [3.05, 3.63) is 36.5 Å². The van der Waals surface area contributed by atoms with Crippen LogP contribution in [0.5, 0.6) is 0 Å². The van der Waals surface area contributed by atoms with Gasteiger partial charge in [-0.3, -0.25) is 9.59 Å². The van der Waals surface area contributed by atoms with Gasteiger partial charge in [0.25, 0.3) is 0 Å². The van der Waals surface area contributed by atoms with E-state index in [2.05, 4.69) is 37.4 Å². The quantitative estimate of drug-likeness (QED) is 0.0337. The summed E-state index contributed by atoms with van der Waals surface area (Å²) in [5, 5.41) is 11.9. The monoisotopic (exact) mass is 703 g/mol. The van der Waals surface area contributed by atoms with E-state index >= 15 is 0 Å². The van der Waals surface area contributed by atoms with Crippen molar-refractivity contribution in [2.45, 2.75) is 212 Å². The minimum atomic E-state index is -1.02. The van der Waals surface area contributed by atoms with E-state index < -0.39 is 12.0 Å². The average molecular weight is 703 g/mol. The third-order valence-electron chi connectivity index (χ3n) is 9.18. The topological polar surface area (TPSA) is 119 Å². The lowest BCUT2D eigenvalue weighted by Gasteiger charge is -2.13. The molecule has 0 saturated carbocycles. The van der Waals surface area contributed by atoms with E-state index in [4.69, 9.17) is 10.5 Å². The predicted molar refractivity (Wildman–Crippen MR) is 211 cm³/mol. The molecule has 1 amide bonds. The molecule has 290 valence electrons. The Morgan fingerprint density at radius 1 is 0.620 bits per heavy atom. The molecular weight excluding hydrogens is 624 g/mol. The van der Waals surface area contributed by atoms with Crippen molar-refractivity contribution in [2.24, 2.45) is 5.73 Å². The molecule has 4 N–H and O–H groups in total. The molecular formula is C43H78N2O5. The molecule has 0 radical (unpaired) electrons. The van der Waals surface area contributed by atoms with Gasteiger partial charge in [-0.1, -0.05) is 160 Å². The lowest BCUT2D eigenvalue weighted by molar-refractivity contribution is -0.145. The van der Waals surface area contributed by atoms with Gasteiger partial charge in [-0.25, -0.2) is 4.79 Å². The number of hydrogen-bond acceptors (Lipinski definition) is 5. The number of allylic oxidation sites excluding steroid dienone is 4. The van der Waals surface area contributed by atoms with E-state index in [1.807, 2.05) is 18.2 Å². The summed E-state index contributed by atoms with van der Waals surface area (Å²) >= 11 is 0. The summed E-state index contributed by atoms with van der Waals surface area (Å²) in [6, 6.07) is -0.872. The predicted octanol–water partition coefficient (Wildman–Crippen LogP) is 11.4. The van der Waals surface area contributed by atoms with Crippen molar-refractivity contribution in [3.8, 4) is 0 Å². The van der Waals surface area contributed by atoms with Gasteiger partial charge in [0.15, 0.2) is 0 Å². The van der Waals surface area contributed by atoms with Crippen LogP contribution in [0.25, 0.3) is 0 Å². The zero-order chi connectivity index (χ0) is 36.8. The summed E-state index contributed by atoms with van der Waals surface area (Å²) in [6.07, 6.45) is 44.0. The summed E-state index contributed by atoms with van der Waals surface area (Å²) in [5.41, 5.74) is 5.46. The highest BCUT2D eigenvalue weighted by molar-refractivity contribution is 5.83. The minimum Gasteiger partial charge on any atom is -0.480 e. The maximum absolute atomic E-state index is 12.6. The molecule has 0 aliphatic carbocycles. The second-order valence-electron chi connectivity index (χ2n) is 14.0. The number of rotatable bonds is 37. The van der Waals surface area contributed by atoms with E-state index in [0.29, 0.717) is 38.6 Å². The number of carboxylic acids is 1.